The van der Waals surface area contributed by atoms with Gasteiger partial charge in [-0.2, -0.15) is 0 Å². The van der Waals surface area contributed by atoms with E-state index < -0.39 is 41.2 Å². The number of rotatable bonds is 4. The standard InChI is InChI=1S/C7H11NO7S/c9-6(10)5-1-4(15-3-16(13)14)2-8(5)7(11)12/h4-5H,1-3H2,(H,9,10)(H,11,12)(H,13,14)/p-1/t4-,5+/m1/s1. The van der Waals surface area contributed by atoms with Crippen LogP contribution < -0.4 is 0 Å². The first kappa shape index (κ1) is 12.9. The van der Waals surface area contributed by atoms with E-state index in [9.17, 15) is 18.4 Å². The highest BCUT2D eigenvalue weighted by atomic mass is 32.2. The van der Waals surface area contributed by atoms with Gasteiger partial charge >= 0.3 is 12.1 Å². The predicted molar refractivity (Wildman–Crippen MR) is 49.4 cm³/mol. The monoisotopic (exact) mass is 252 g/mol. The lowest BCUT2D eigenvalue weighted by Gasteiger charge is -2.16. The largest absolute Gasteiger partial charge is 0.771 e. The summed E-state index contributed by atoms with van der Waals surface area (Å²) in [6.45, 7) is -0.135. The lowest BCUT2D eigenvalue weighted by atomic mass is 10.2. The summed E-state index contributed by atoms with van der Waals surface area (Å²) in [7, 11) is 0. The summed E-state index contributed by atoms with van der Waals surface area (Å²) in [4.78, 5) is 22.1. The molecule has 0 aliphatic carbocycles. The van der Waals surface area contributed by atoms with E-state index in [-0.39, 0.29) is 13.0 Å². The first-order valence-corrected chi connectivity index (χ1v) is 5.56. The van der Waals surface area contributed by atoms with Gasteiger partial charge in [0.1, 0.15) is 12.0 Å². The second-order valence-electron chi connectivity index (χ2n) is 3.23. The molecule has 0 radical (unpaired) electrons. The van der Waals surface area contributed by atoms with Crippen molar-refractivity contribution in [2.24, 2.45) is 0 Å². The van der Waals surface area contributed by atoms with Gasteiger partial charge in [0.2, 0.25) is 0 Å². The van der Waals surface area contributed by atoms with Crippen LogP contribution in [0.4, 0.5) is 4.79 Å². The van der Waals surface area contributed by atoms with E-state index in [2.05, 4.69) is 0 Å². The van der Waals surface area contributed by atoms with Crippen LogP contribution in [0.5, 0.6) is 0 Å². The number of aliphatic carboxylic acids is 1. The summed E-state index contributed by atoms with van der Waals surface area (Å²) in [5.74, 6) is -1.83. The van der Waals surface area contributed by atoms with Crippen LogP contribution in [0.1, 0.15) is 6.42 Å². The molecular formula is C7H10NO7S-. The minimum atomic E-state index is -2.39. The van der Waals surface area contributed by atoms with E-state index in [0.717, 1.165) is 4.90 Å². The van der Waals surface area contributed by atoms with Gasteiger partial charge < -0.3 is 19.5 Å². The van der Waals surface area contributed by atoms with Crippen LogP contribution >= 0.6 is 0 Å². The van der Waals surface area contributed by atoms with Gasteiger partial charge in [-0.25, -0.2) is 9.59 Å². The average Bonchev–Trinajstić information content (AvgIpc) is 2.58. The molecule has 1 heterocycles. The van der Waals surface area contributed by atoms with Crippen LogP contribution in [0.15, 0.2) is 0 Å². The van der Waals surface area contributed by atoms with Gasteiger partial charge in [0, 0.05) is 6.42 Å². The molecule has 0 aromatic rings. The molecule has 3 atom stereocenters. The van der Waals surface area contributed by atoms with Crippen molar-refractivity contribution in [3.8, 4) is 0 Å². The highest BCUT2D eigenvalue weighted by Crippen LogP contribution is 2.20. The van der Waals surface area contributed by atoms with Crippen LogP contribution in [-0.4, -0.2) is 60.6 Å². The molecule has 1 rings (SSSR count). The molecule has 1 aliphatic rings. The third-order valence-corrected chi connectivity index (χ3v) is 2.52. The molecule has 1 amide bonds. The van der Waals surface area contributed by atoms with Crippen molar-refractivity contribution in [3.05, 3.63) is 0 Å². The van der Waals surface area contributed by atoms with Crippen molar-refractivity contribution in [2.75, 3.05) is 12.5 Å². The highest BCUT2D eigenvalue weighted by Gasteiger charge is 2.40. The quantitative estimate of drug-likeness (QED) is 0.617. The van der Waals surface area contributed by atoms with Crippen molar-refractivity contribution >= 4 is 23.1 Å². The zero-order chi connectivity index (χ0) is 12.3. The Balaban J connectivity index is 2.58. The topological polar surface area (TPSA) is 127 Å². The van der Waals surface area contributed by atoms with E-state index in [4.69, 9.17) is 14.9 Å². The maximum absolute atomic E-state index is 10.7. The first-order valence-electron chi connectivity index (χ1n) is 4.31. The minimum Gasteiger partial charge on any atom is -0.771 e. The molecule has 1 aliphatic heterocycles. The lowest BCUT2D eigenvalue weighted by molar-refractivity contribution is -0.141. The van der Waals surface area contributed by atoms with Gasteiger partial charge in [0.05, 0.1) is 12.6 Å². The Bertz CT molecular complexity index is 298. The van der Waals surface area contributed by atoms with Crippen LogP contribution in [0.2, 0.25) is 0 Å². The number of nitrogens with zero attached hydrogens (tertiary/aromatic N) is 1. The fourth-order valence-corrected chi connectivity index (χ4v) is 1.82. The number of amides is 1. The lowest BCUT2D eigenvalue weighted by Crippen LogP contribution is -2.39. The molecule has 1 saturated heterocycles. The van der Waals surface area contributed by atoms with Crippen LogP contribution in [0, 0.1) is 0 Å². The number of hydrogen-bond donors (Lipinski definition) is 2. The normalized spacial score (nSPS) is 26.7. The van der Waals surface area contributed by atoms with Crippen LogP contribution in [0.25, 0.3) is 0 Å². The Morgan fingerprint density at radius 2 is 2.12 bits per heavy atom. The smallest absolute Gasteiger partial charge is 0.408 e. The molecule has 92 valence electrons. The summed E-state index contributed by atoms with van der Waals surface area (Å²) in [5.41, 5.74) is 0. The highest BCUT2D eigenvalue weighted by molar-refractivity contribution is 7.78. The molecule has 9 heteroatoms. The summed E-state index contributed by atoms with van der Waals surface area (Å²) < 4.78 is 25.3. The fraction of sp³-hybridized carbons (Fsp3) is 0.714. The van der Waals surface area contributed by atoms with Crippen molar-refractivity contribution in [2.45, 2.75) is 18.6 Å². The Hall–Kier alpha value is -1.19. The van der Waals surface area contributed by atoms with Crippen LogP contribution in [-0.2, 0) is 20.6 Å². The molecule has 2 N–H and O–H groups in total. The van der Waals surface area contributed by atoms with Gasteiger partial charge in [-0.15, -0.1) is 0 Å². The minimum absolute atomic E-state index is 0.0428. The third-order valence-electron chi connectivity index (χ3n) is 2.19. The second-order valence-corrected chi connectivity index (χ2v) is 4.08. The number of carboxylic acid groups (broad SMARTS) is 2. The van der Waals surface area contributed by atoms with Gasteiger partial charge in [-0.05, 0) is 11.1 Å². The Morgan fingerprint density at radius 3 is 2.50 bits per heavy atom. The van der Waals surface area contributed by atoms with E-state index >= 15 is 0 Å². The molecule has 1 unspecified atom stereocenters. The van der Waals surface area contributed by atoms with Crippen molar-refractivity contribution in [3.63, 3.8) is 0 Å². The Labute approximate surface area is 93.1 Å². The number of hydrogen-bond acceptors (Lipinski definition) is 5. The van der Waals surface area contributed by atoms with Crippen molar-refractivity contribution in [1.29, 1.82) is 0 Å². The van der Waals surface area contributed by atoms with E-state index in [0.29, 0.717) is 0 Å². The zero-order valence-corrected chi connectivity index (χ0v) is 8.88. The van der Waals surface area contributed by atoms with E-state index in [1.807, 2.05) is 0 Å². The van der Waals surface area contributed by atoms with Gasteiger partial charge in [0.15, 0.2) is 0 Å². The molecule has 8 nitrogen and oxygen atoms in total. The van der Waals surface area contributed by atoms with Gasteiger partial charge in [-0.3, -0.25) is 9.11 Å². The summed E-state index contributed by atoms with van der Waals surface area (Å²) in [6.07, 6.45) is -2.10. The maximum Gasteiger partial charge on any atom is 0.408 e. The molecule has 0 bridgehead atoms. The molecule has 1 fully saturated rings. The SMILES string of the molecule is O=C(O)[C@@H]1C[C@@H](OCS(=O)[O-])CN1C(=O)O. The molecule has 0 aromatic carbocycles. The number of carboxylic acids is 1. The number of likely N-dealkylation sites (tertiary alicyclic amines) is 1. The summed E-state index contributed by atoms with van der Waals surface area (Å²) in [6, 6.07) is -1.18. The van der Waals surface area contributed by atoms with E-state index in [1.54, 1.807) is 0 Å². The zero-order valence-electron chi connectivity index (χ0n) is 8.07. The molecule has 0 aromatic heterocycles. The first-order chi connectivity index (χ1) is 7.41. The number of carbonyl (C=O) groups is 2. The fourth-order valence-electron chi connectivity index (χ4n) is 1.52. The summed E-state index contributed by atoms with van der Waals surface area (Å²) in [5, 5.41) is 17.5. The third kappa shape index (κ3) is 3.15. The van der Waals surface area contributed by atoms with Crippen molar-refractivity contribution < 1.29 is 33.3 Å². The maximum atomic E-state index is 10.7. The van der Waals surface area contributed by atoms with Crippen LogP contribution in [0.3, 0.4) is 0 Å². The number of ether oxygens (including phenoxy) is 1. The second kappa shape index (κ2) is 5.23. The molecular weight excluding hydrogens is 242 g/mol. The van der Waals surface area contributed by atoms with Gasteiger partial charge in [-0.1, -0.05) is 0 Å². The summed E-state index contributed by atoms with van der Waals surface area (Å²) >= 11 is -2.39. The van der Waals surface area contributed by atoms with E-state index in [1.165, 1.54) is 0 Å². The molecule has 16 heavy (non-hydrogen) atoms. The Morgan fingerprint density at radius 1 is 1.50 bits per heavy atom. The van der Waals surface area contributed by atoms with Crippen molar-refractivity contribution in [1.82, 2.24) is 4.90 Å². The molecule has 0 saturated carbocycles. The Kier molecular flexibility index (Phi) is 4.21. The van der Waals surface area contributed by atoms with Gasteiger partial charge in [0.25, 0.3) is 0 Å². The average molecular weight is 252 g/mol. The predicted octanol–water partition coefficient (Wildman–Crippen LogP) is -0.955. The molecule has 0 spiro atoms.